The number of nitrogens with zero attached hydrogens (tertiary/aromatic N) is 1. The van der Waals surface area contributed by atoms with Gasteiger partial charge in [0.25, 0.3) is 0 Å². The molecule has 2 aromatic carbocycles. The molecule has 33 heavy (non-hydrogen) atoms. The van der Waals surface area contributed by atoms with E-state index >= 15 is 0 Å². The zero-order valence-corrected chi connectivity index (χ0v) is 20.7. The number of fused-ring (bicyclic) bond motifs is 2. The molecule has 5 nitrogen and oxygen atoms in total. The lowest BCUT2D eigenvalue weighted by molar-refractivity contribution is 0.0139. The Hall–Kier alpha value is -1.60. The molecule has 0 spiro atoms. The Kier molecular flexibility index (Phi) is 5.60. The highest BCUT2D eigenvalue weighted by Crippen LogP contribution is 2.65. The summed E-state index contributed by atoms with van der Waals surface area (Å²) in [4.78, 5) is 2.45. The molecule has 1 heterocycles. The van der Waals surface area contributed by atoms with E-state index in [0.29, 0.717) is 17.5 Å². The summed E-state index contributed by atoms with van der Waals surface area (Å²) in [7, 11) is -3.25. The Labute approximate surface area is 203 Å². The van der Waals surface area contributed by atoms with Gasteiger partial charge in [-0.1, -0.05) is 43.3 Å². The van der Waals surface area contributed by atoms with Crippen LogP contribution in [0.2, 0.25) is 0 Å². The van der Waals surface area contributed by atoms with Crippen LogP contribution >= 0.6 is 12.4 Å². The highest BCUT2D eigenvalue weighted by atomic mass is 35.5. The van der Waals surface area contributed by atoms with E-state index in [9.17, 15) is 13.5 Å². The third-order valence-electron chi connectivity index (χ3n) is 8.49. The lowest BCUT2D eigenvalue weighted by Gasteiger charge is -2.32. The molecule has 6 rings (SSSR count). The predicted molar refractivity (Wildman–Crippen MR) is 133 cm³/mol. The Balaban J connectivity index is 0.00000228. The molecule has 0 amide bonds. The Morgan fingerprint density at radius 1 is 1.03 bits per heavy atom. The number of β-amino-alcohol motifs (C(OH)–C–C–N with tert-alkyl or cyclic N) is 1. The van der Waals surface area contributed by atoms with Gasteiger partial charge in [0.15, 0.2) is 0 Å². The van der Waals surface area contributed by atoms with Gasteiger partial charge in [0.05, 0.1) is 10.9 Å². The topological polar surface area (TPSA) is 69.6 Å². The summed E-state index contributed by atoms with van der Waals surface area (Å²) in [6.45, 7) is 5.00. The number of nitrogens with one attached hydrogen (secondary N) is 1. The zero-order chi connectivity index (χ0) is 22.1. The van der Waals surface area contributed by atoms with E-state index in [0.717, 1.165) is 51.7 Å². The number of halogens is 1. The summed E-state index contributed by atoms with van der Waals surface area (Å²) < 4.78 is 27.6. The molecule has 2 atom stereocenters. The minimum absolute atomic E-state index is 0. The molecule has 1 aliphatic heterocycles. The fraction of sp³-hybridized carbons (Fsp3) is 0.538. The lowest BCUT2D eigenvalue weighted by Crippen LogP contribution is -2.45. The van der Waals surface area contributed by atoms with Crippen molar-refractivity contribution in [2.24, 2.45) is 11.8 Å². The fourth-order valence-electron chi connectivity index (χ4n) is 6.80. The van der Waals surface area contributed by atoms with Gasteiger partial charge < -0.3 is 5.11 Å². The highest BCUT2D eigenvalue weighted by molar-refractivity contribution is 7.93. The Morgan fingerprint density at radius 2 is 1.67 bits per heavy atom. The summed E-state index contributed by atoms with van der Waals surface area (Å²) in [5.41, 5.74) is 4.01. The van der Waals surface area contributed by atoms with Crippen molar-refractivity contribution in [1.29, 1.82) is 0 Å². The zero-order valence-electron chi connectivity index (χ0n) is 19.0. The van der Waals surface area contributed by atoms with Crippen LogP contribution in [0.25, 0.3) is 0 Å². The number of anilines is 1. The van der Waals surface area contributed by atoms with Gasteiger partial charge in [0.2, 0.25) is 10.0 Å². The third-order valence-corrected chi connectivity index (χ3v) is 10.4. The van der Waals surface area contributed by atoms with Crippen molar-refractivity contribution >= 4 is 28.1 Å². The van der Waals surface area contributed by atoms with Gasteiger partial charge in [-0.3, -0.25) is 9.62 Å². The molecule has 3 aliphatic carbocycles. The minimum Gasteiger partial charge on any atom is -0.388 e. The van der Waals surface area contributed by atoms with E-state index in [2.05, 4.69) is 52.9 Å². The van der Waals surface area contributed by atoms with Crippen LogP contribution in [0.3, 0.4) is 0 Å². The number of hydrogen-bond acceptors (Lipinski definition) is 4. The van der Waals surface area contributed by atoms with Gasteiger partial charge in [-0.2, -0.15) is 0 Å². The molecule has 2 N–H and O–H groups in total. The number of piperidine rings is 1. The van der Waals surface area contributed by atoms with Gasteiger partial charge in [-0.05, 0) is 59.9 Å². The average Bonchev–Trinajstić information content (AvgIpc) is 3.63. The highest BCUT2D eigenvalue weighted by Gasteiger charge is 2.67. The first-order valence-corrected chi connectivity index (χ1v) is 13.5. The van der Waals surface area contributed by atoms with Crippen molar-refractivity contribution in [3.05, 3.63) is 65.2 Å². The van der Waals surface area contributed by atoms with E-state index in [-0.39, 0.29) is 23.1 Å². The molecule has 0 bridgehead atoms. The second kappa shape index (κ2) is 7.98. The molecule has 7 heteroatoms. The molecule has 2 unspecified atom stereocenters. The smallest absolute Gasteiger partial charge is 0.235 e. The molecule has 178 valence electrons. The Morgan fingerprint density at radius 3 is 2.24 bits per heavy atom. The quantitative estimate of drug-likeness (QED) is 0.622. The number of sulfonamides is 1. The monoisotopic (exact) mass is 488 g/mol. The van der Waals surface area contributed by atoms with E-state index in [1.165, 1.54) is 16.7 Å². The SMILES string of the molecule is CCC1(c2cccc(NS(=O)(=O)C3CC3)c2)C2CN(CC3(O)Cc4ccccc4C3)CC21.Cl. The number of aliphatic hydroxyl groups is 1. The molecule has 3 fully saturated rings. The standard InChI is InChI=1S/C26H32N2O3S.ClH/c1-2-26(20-8-5-9-21(12-20)27-32(30,31)22-10-11-22)23-15-28(16-24(23)26)17-25(29)13-18-6-3-4-7-19(18)14-25;/h3-9,12,22-24,27,29H,2,10-11,13-17H2,1H3;1H. The van der Waals surface area contributed by atoms with Gasteiger partial charge in [0, 0.05) is 43.6 Å². The van der Waals surface area contributed by atoms with E-state index in [1.807, 2.05) is 12.1 Å². The average molecular weight is 489 g/mol. The van der Waals surface area contributed by atoms with Crippen LogP contribution < -0.4 is 4.72 Å². The normalized spacial score (nSPS) is 29.8. The largest absolute Gasteiger partial charge is 0.388 e. The molecular weight excluding hydrogens is 456 g/mol. The number of hydrogen-bond donors (Lipinski definition) is 2. The lowest BCUT2D eigenvalue weighted by atomic mass is 9.87. The van der Waals surface area contributed by atoms with Crippen molar-refractivity contribution in [2.45, 2.75) is 55.3 Å². The van der Waals surface area contributed by atoms with Gasteiger partial charge in [-0.15, -0.1) is 12.4 Å². The summed E-state index contributed by atoms with van der Waals surface area (Å²) in [5, 5.41) is 11.1. The number of likely N-dealkylation sites (tertiary alicyclic amines) is 1. The molecule has 2 aromatic rings. The summed E-state index contributed by atoms with van der Waals surface area (Å²) in [6.07, 6.45) is 4.09. The molecule has 0 aromatic heterocycles. The van der Waals surface area contributed by atoms with Crippen molar-refractivity contribution in [3.8, 4) is 0 Å². The minimum atomic E-state index is -3.25. The van der Waals surface area contributed by atoms with Crippen molar-refractivity contribution in [1.82, 2.24) is 4.90 Å². The summed E-state index contributed by atoms with van der Waals surface area (Å²) >= 11 is 0. The van der Waals surface area contributed by atoms with Crippen LogP contribution in [0.5, 0.6) is 0 Å². The second-order valence-electron chi connectivity index (χ2n) is 10.6. The molecular formula is C26H33ClN2O3S. The molecule has 0 radical (unpaired) electrons. The maximum atomic E-state index is 12.4. The maximum Gasteiger partial charge on any atom is 0.235 e. The first kappa shape index (κ1) is 23.2. The Bertz CT molecular complexity index is 1130. The van der Waals surface area contributed by atoms with Crippen LogP contribution in [0.1, 0.15) is 42.9 Å². The van der Waals surface area contributed by atoms with Crippen molar-refractivity contribution < 1.29 is 13.5 Å². The molecule has 4 aliphatic rings. The van der Waals surface area contributed by atoms with Crippen LogP contribution in [0.4, 0.5) is 5.69 Å². The first-order chi connectivity index (χ1) is 15.3. The predicted octanol–water partition coefficient (Wildman–Crippen LogP) is 3.75. The van der Waals surface area contributed by atoms with E-state index in [4.69, 9.17) is 0 Å². The third kappa shape index (κ3) is 3.89. The van der Waals surface area contributed by atoms with Crippen LogP contribution in [0.15, 0.2) is 48.5 Å². The second-order valence-corrected chi connectivity index (χ2v) is 12.5. The molecule has 1 saturated heterocycles. The first-order valence-electron chi connectivity index (χ1n) is 12.0. The van der Waals surface area contributed by atoms with E-state index in [1.54, 1.807) is 0 Å². The number of rotatable bonds is 7. The maximum absolute atomic E-state index is 12.4. The molecule has 2 saturated carbocycles. The van der Waals surface area contributed by atoms with Crippen LogP contribution in [-0.2, 0) is 28.3 Å². The van der Waals surface area contributed by atoms with Crippen molar-refractivity contribution in [3.63, 3.8) is 0 Å². The summed E-state index contributed by atoms with van der Waals surface area (Å²) in [5.74, 6) is 1.16. The number of benzene rings is 2. The summed E-state index contributed by atoms with van der Waals surface area (Å²) in [6, 6.07) is 16.5. The van der Waals surface area contributed by atoms with Crippen molar-refractivity contribution in [2.75, 3.05) is 24.4 Å². The van der Waals surface area contributed by atoms with Gasteiger partial charge in [-0.25, -0.2) is 8.42 Å². The van der Waals surface area contributed by atoms with Crippen LogP contribution in [-0.4, -0.2) is 48.9 Å². The van der Waals surface area contributed by atoms with Crippen LogP contribution in [0, 0.1) is 11.8 Å². The van der Waals surface area contributed by atoms with E-state index < -0.39 is 15.6 Å². The van der Waals surface area contributed by atoms with Gasteiger partial charge >= 0.3 is 0 Å². The van der Waals surface area contributed by atoms with Gasteiger partial charge in [0.1, 0.15) is 0 Å². The fourth-order valence-corrected chi connectivity index (χ4v) is 8.18.